The Balaban J connectivity index is 2.23. The summed E-state index contributed by atoms with van der Waals surface area (Å²) in [5.74, 6) is -0.504. The molecule has 0 aromatic heterocycles. The summed E-state index contributed by atoms with van der Waals surface area (Å²) in [6.45, 7) is 0.493. The molecule has 102 valence electrons. The molecule has 1 aromatic rings. The molecule has 0 bridgehead atoms. The third-order valence-electron chi connectivity index (χ3n) is 2.91. The van der Waals surface area contributed by atoms with Crippen LogP contribution < -0.4 is 11.1 Å². The number of carbonyl (C=O) groups excluding carboxylic acids is 1. The molecule has 0 spiro atoms. The number of nitrogens with one attached hydrogen (secondary N) is 1. The van der Waals surface area contributed by atoms with E-state index in [9.17, 15) is 14.9 Å². The average Bonchev–Trinajstić information content (AvgIpc) is 2.79. The molecule has 1 unspecified atom stereocenters. The zero-order valence-corrected chi connectivity index (χ0v) is 10.6. The van der Waals surface area contributed by atoms with Gasteiger partial charge in [-0.2, -0.15) is 0 Å². The zero-order chi connectivity index (χ0) is 14.0. The first-order valence-electron chi connectivity index (χ1n) is 5.54. The normalized spacial score (nSPS) is 22.2. The molecule has 1 amide bonds. The molecule has 8 heteroatoms. The van der Waals surface area contributed by atoms with Crippen molar-refractivity contribution in [2.45, 2.75) is 12.0 Å². The lowest BCUT2D eigenvalue weighted by atomic mass is 9.99. The number of rotatable bonds is 3. The Bertz CT molecular complexity index is 529. The van der Waals surface area contributed by atoms with Crippen LogP contribution in [0.25, 0.3) is 0 Å². The van der Waals surface area contributed by atoms with Crippen LogP contribution in [-0.2, 0) is 9.53 Å². The summed E-state index contributed by atoms with van der Waals surface area (Å²) in [6.07, 6.45) is 0.375. The summed E-state index contributed by atoms with van der Waals surface area (Å²) < 4.78 is 5.07. The van der Waals surface area contributed by atoms with E-state index in [4.69, 9.17) is 22.1 Å². The predicted octanol–water partition coefficient (Wildman–Crippen LogP) is 1.30. The van der Waals surface area contributed by atoms with Crippen molar-refractivity contribution in [3.63, 3.8) is 0 Å². The minimum absolute atomic E-state index is 0.0659. The number of hydrogen-bond donors (Lipinski definition) is 2. The first-order valence-corrected chi connectivity index (χ1v) is 5.92. The number of halogens is 1. The average molecular weight is 286 g/mol. The fourth-order valence-electron chi connectivity index (χ4n) is 1.77. The number of hydrogen-bond acceptors (Lipinski definition) is 5. The third-order valence-corrected chi connectivity index (χ3v) is 3.14. The quantitative estimate of drug-likeness (QED) is 0.643. The van der Waals surface area contributed by atoms with E-state index in [1.54, 1.807) is 0 Å². The molecule has 2 rings (SSSR count). The Morgan fingerprint density at radius 2 is 2.32 bits per heavy atom. The van der Waals surface area contributed by atoms with Gasteiger partial charge in [0.1, 0.15) is 11.2 Å². The van der Waals surface area contributed by atoms with E-state index in [2.05, 4.69) is 5.32 Å². The highest BCUT2D eigenvalue weighted by Gasteiger charge is 2.39. The highest BCUT2D eigenvalue weighted by molar-refractivity contribution is 6.31. The molecule has 1 aliphatic heterocycles. The Morgan fingerprint density at radius 1 is 1.58 bits per heavy atom. The van der Waals surface area contributed by atoms with Crippen LogP contribution in [0, 0.1) is 10.1 Å². The van der Waals surface area contributed by atoms with Crippen molar-refractivity contribution in [2.24, 2.45) is 5.73 Å². The number of carbonyl (C=O) groups is 1. The second-order valence-electron chi connectivity index (χ2n) is 4.33. The van der Waals surface area contributed by atoms with Gasteiger partial charge in [0.05, 0.1) is 11.5 Å². The lowest BCUT2D eigenvalue weighted by Crippen LogP contribution is -2.51. The summed E-state index contributed by atoms with van der Waals surface area (Å²) in [7, 11) is 0. The molecule has 1 heterocycles. The van der Waals surface area contributed by atoms with Crippen molar-refractivity contribution in [3.8, 4) is 0 Å². The summed E-state index contributed by atoms with van der Waals surface area (Å²) in [5, 5.41) is 13.6. The summed E-state index contributed by atoms with van der Waals surface area (Å²) in [5.41, 5.74) is 4.52. The Morgan fingerprint density at radius 3 is 2.89 bits per heavy atom. The van der Waals surface area contributed by atoms with Crippen molar-refractivity contribution in [1.29, 1.82) is 0 Å². The van der Waals surface area contributed by atoms with Gasteiger partial charge in [0.2, 0.25) is 5.91 Å². The monoisotopic (exact) mass is 285 g/mol. The van der Waals surface area contributed by atoms with Crippen molar-refractivity contribution < 1.29 is 14.5 Å². The fourth-order valence-corrected chi connectivity index (χ4v) is 1.93. The molecule has 7 nitrogen and oxygen atoms in total. The van der Waals surface area contributed by atoms with Crippen LogP contribution >= 0.6 is 11.6 Å². The van der Waals surface area contributed by atoms with Gasteiger partial charge in [-0.25, -0.2) is 0 Å². The van der Waals surface area contributed by atoms with Crippen LogP contribution in [0.15, 0.2) is 18.2 Å². The van der Waals surface area contributed by atoms with Gasteiger partial charge in [-0.1, -0.05) is 11.6 Å². The zero-order valence-electron chi connectivity index (χ0n) is 9.89. The van der Waals surface area contributed by atoms with E-state index in [0.717, 1.165) is 0 Å². The van der Waals surface area contributed by atoms with Gasteiger partial charge in [0.25, 0.3) is 5.69 Å². The molecule has 0 aliphatic carbocycles. The Kier molecular flexibility index (Phi) is 3.70. The second kappa shape index (κ2) is 5.12. The van der Waals surface area contributed by atoms with E-state index < -0.39 is 16.4 Å². The van der Waals surface area contributed by atoms with Gasteiger partial charge in [-0.15, -0.1) is 0 Å². The molecule has 1 atom stereocenters. The molecule has 1 aliphatic rings. The van der Waals surface area contributed by atoms with Crippen LogP contribution in [0.3, 0.4) is 0 Å². The van der Waals surface area contributed by atoms with Gasteiger partial charge in [0, 0.05) is 17.7 Å². The van der Waals surface area contributed by atoms with Crippen molar-refractivity contribution in [1.82, 2.24) is 0 Å². The standard InChI is InChI=1S/C11H12ClN3O4/c12-7-1-2-8(9(5-7)15(17)18)14-10(16)11(13)3-4-19-6-11/h1-2,5H,3-4,6,13H2,(H,14,16). The molecule has 0 radical (unpaired) electrons. The van der Waals surface area contributed by atoms with Crippen LogP contribution in [0.2, 0.25) is 5.02 Å². The largest absolute Gasteiger partial charge is 0.379 e. The van der Waals surface area contributed by atoms with Crippen LogP contribution in [0.5, 0.6) is 0 Å². The summed E-state index contributed by atoms with van der Waals surface area (Å²) in [6, 6.07) is 4.00. The smallest absolute Gasteiger partial charge is 0.294 e. The van der Waals surface area contributed by atoms with Gasteiger partial charge < -0.3 is 15.8 Å². The SMILES string of the molecule is NC1(C(=O)Nc2ccc(Cl)cc2[N+](=O)[O-])CCOC1. The number of nitro benzene ring substituents is 1. The topological polar surface area (TPSA) is 107 Å². The number of nitro groups is 1. The van der Waals surface area contributed by atoms with E-state index in [-0.39, 0.29) is 23.0 Å². The molecular formula is C11H12ClN3O4. The first kappa shape index (κ1) is 13.7. The maximum atomic E-state index is 12.0. The number of anilines is 1. The number of benzene rings is 1. The fraction of sp³-hybridized carbons (Fsp3) is 0.364. The second-order valence-corrected chi connectivity index (χ2v) is 4.77. The minimum atomic E-state index is -1.15. The molecular weight excluding hydrogens is 274 g/mol. The maximum absolute atomic E-state index is 12.0. The molecule has 1 fully saturated rings. The van der Waals surface area contributed by atoms with Crippen LogP contribution in [0.1, 0.15) is 6.42 Å². The highest BCUT2D eigenvalue weighted by Crippen LogP contribution is 2.29. The van der Waals surface area contributed by atoms with Gasteiger partial charge in [-0.3, -0.25) is 14.9 Å². The molecule has 1 saturated heterocycles. The number of nitrogens with two attached hydrogens (primary N) is 1. The Hall–Kier alpha value is -1.70. The van der Waals surface area contributed by atoms with E-state index >= 15 is 0 Å². The predicted molar refractivity (Wildman–Crippen MR) is 69.1 cm³/mol. The van der Waals surface area contributed by atoms with Gasteiger partial charge in [-0.05, 0) is 18.6 Å². The Labute approximate surface area is 113 Å². The molecule has 1 aromatic carbocycles. The number of ether oxygens (including phenoxy) is 1. The van der Waals surface area contributed by atoms with E-state index in [1.165, 1.54) is 18.2 Å². The molecule has 0 saturated carbocycles. The van der Waals surface area contributed by atoms with Gasteiger partial charge in [0.15, 0.2) is 0 Å². The third kappa shape index (κ3) is 2.83. The summed E-state index contributed by atoms with van der Waals surface area (Å²) in [4.78, 5) is 22.3. The minimum Gasteiger partial charge on any atom is -0.379 e. The summed E-state index contributed by atoms with van der Waals surface area (Å²) >= 11 is 5.69. The number of amides is 1. The van der Waals surface area contributed by atoms with Gasteiger partial charge >= 0.3 is 0 Å². The molecule has 3 N–H and O–H groups in total. The van der Waals surface area contributed by atoms with Crippen LogP contribution in [0.4, 0.5) is 11.4 Å². The van der Waals surface area contributed by atoms with E-state index in [0.29, 0.717) is 13.0 Å². The number of nitrogens with zero attached hydrogens (tertiary/aromatic N) is 1. The maximum Gasteiger partial charge on any atom is 0.294 e. The van der Waals surface area contributed by atoms with Crippen LogP contribution in [-0.4, -0.2) is 29.6 Å². The lowest BCUT2D eigenvalue weighted by Gasteiger charge is -2.20. The molecule has 19 heavy (non-hydrogen) atoms. The van der Waals surface area contributed by atoms with Crippen molar-refractivity contribution >= 4 is 28.9 Å². The first-order chi connectivity index (χ1) is 8.92. The van der Waals surface area contributed by atoms with E-state index in [1.807, 2.05) is 0 Å². The lowest BCUT2D eigenvalue weighted by molar-refractivity contribution is -0.383. The van der Waals surface area contributed by atoms with Crippen molar-refractivity contribution in [2.75, 3.05) is 18.5 Å². The van der Waals surface area contributed by atoms with Crippen molar-refractivity contribution in [3.05, 3.63) is 33.3 Å². The highest BCUT2D eigenvalue weighted by atomic mass is 35.5.